The van der Waals surface area contributed by atoms with E-state index in [4.69, 9.17) is 11.6 Å². The molecule has 0 atom stereocenters. The SMILES string of the molecule is O=C(Nc1ccc(Cl)cc1Br)c1ccc([N+](=O)[O-])cc1. The molecule has 0 aromatic heterocycles. The highest BCUT2D eigenvalue weighted by atomic mass is 79.9. The molecule has 0 saturated carbocycles. The smallest absolute Gasteiger partial charge is 0.269 e. The predicted molar refractivity (Wildman–Crippen MR) is 80.2 cm³/mol. The highest BCUT2D eigenvalue weighted by Gasteiger charge is 2.11. The van der Waals surface area contributed by atoms with Gasteiger partial charge >= 0.3 is 0 Å². The number of nitro groups is 1. The molecule has 0 heterocycles. The van der Waals surface area contributed by atoms with Crippen LogP contribution in [0.15, 0.2) is 46.9 Å². The standard InChI is InChI=1S/C13H8BrClN2O3/c14-11-7-9(15)3-6-12(11)16-13(18)8-1-4-10(5-2-8)17(19)20/h1-7H,(H,16,18). The van der Waals surface area contributed by atoms with Gasteiger partial charge < -0.3 is 5.32 Å². The number of carbonyl (C=O) groups excluding carboxylic acids is 1. The molecular weight excluding hydrogens is 348 g/mol. The number of rotatable bonds is 3. The van der Waals surface area contributed by atoms with Gasteiger partial charge in [0.05, 0.1) is 10.6 Å². The Morgan fingerprint density at radius 3 is 2.40 bits per heavy atom. The summed E-state index contributed by atoms with van der Waals surface area (Å²) in [4.78, 5) is 22.0. The quantitative estimate of drug-likeness (QED) is 0.660. The first-order valence-corrected chi connectivity index (χ1v) is 6.65. The van der Waals surface area contributed by atoms with E-state index < -0.39 is 4.92 Å². The molecule has 5 nitrogen and oxygen atoms in total. The van der Waals surface area contributed by atoms with E-state index in [9.17, 15) is 14.9 Å². The van der Waals surface area contributed by atoms with Crippen molar-refractivity contribution in [3.8, 4) is 0 Å². The summed E-state index contributed by atoms with van der Waals surface area (Å²) in [6, 6.07) is 10.3. The fraction of sp³-hybridized carbons (Fsp3) is 0. The number of nitrogens with one attached hydrogen (secondary N) is 1. The molecule has 0 fully saturated rings. The zero-order chi connectivity index (χ0) is 14.7. The molecule has 1 amide bonds. The Morgan fingerprint density at radius 2 is 1.85 bits per heavy atom. The highest BCUT2D eigenvalue weighted by molar-refractivity contribution is 9.10. The van der Waals surface area contributed by atoms with Crippen LogP contribution in [0.3, 0.4) is 0 Å². The van der Waals surface area contributed by atoms with Gasteiger partial charge in [-0.2, -0.15) is 0 Å². The van der Waals surface area contributed by atoms with Crippen LogP contribution in [0.1, 0.15) is 10.4 Å². The van der Waals surface area contributed by atoms with Gasteiger partial charge in [0.15, 0.2) is 0 Å². The summed E-state index contributed by atoms with van der Waals surface area (Å²) in [5.41, 5.74) is 0.837. The van der Waals surface area contributed by atoms with Crippen LogP contribution in [-0.2, 0) is 0 Å². The summed E-state index contributed by atoms with van der Waals surface area (Å²) in [5, 5.41) is 13.8. The minimum absolute atomic E-state index is 0.0609. The van der Waals surface area contributed by atoms with Gasteiger partial charge in [0.25, 0.3) is 11.6 Å². The molecule has 102 valence electrons. The monoisotopic (exact) mass is 354 g/mol. The van der Waals surface area contributed by atoms with Crippen LogP contribution < -0.4 is 5.32 Å². The molecule has 2 aromatic carbocycles. The molecule has 2 aromatic rings. The van der Waals surface area contributed by atoms with Gasteiger partial charge in [0.1, 0.15) is 0 Å². The number of amides is 1. The van der Waals surface area contributed by atoms with E-state index in [1.54, 1.807) is 18.2 Å². The van der Waals surface area contributed by atoms with Crippen molar-refractivity contribution in [1.29, 1.82) is 0 Å². The lowest BCUT2D eigenvalue weighted by Crippen LogP contribution is -2.12. The van der Waals surface area contributed by atoms with Gasteiger partial charge in [-0.05, 0) is 46.3 Å². The van der Waals surface area contributed by atoms with Crippen LogP contribution in [-0.4, -0.2) is 10.8 Å². The fourth-order valence-corrected chi connectivity index (χ4v) is 2.30. The number of hydrogen-bond acceptors (Lipinski definition) is 3. The van der Waals surface area contributed by atoms with Gasteiger partial charge in [-0.25, -0.2) is 0 Å². The van der Waals surface area contributed by atoms with Crippen LogP contribution in [0.4, 0.5) is 11.4 Å². The Labute approximate surface area is 127 Å². The van der Waals surface area contributed by atoms with Crippen LogP contribution in [0.25, 0.3) is 0 Å². The van der Waals surface area contributed by atoms with E-state index in [0.29, 0.717) is 20.7 Å². The molecule has 0 radical (unpaired) electrons. The average Bonchev–Trinajstić information content (AvgIpc) is 2.42. The largest absolute Gasteiger partial charge is 0.321 e. The lowest BCUT2D eigenvalue weighted by atomic mass is 10.2. The van der Waals surface area contributed by atoms with Gasteiger partial charge in [-0.15, -0.1) is 0 Å². The normalized spacial score (nSPS) is 10.1. The average molecular weight is 356 g/mol. The molecule has 0 bridgehead atoms. The number of carbonyl (C=O) groups is 1. The van der Waals surface area contributed by atoms with Crippen LogP contribution in [0, 0.1) is 10.1 Å². The molecule has 0 aliphatic carbocycles. The number of benzene rings is 2. The fourth-order valence-electron chi connectivity index (χ4n) is 1.52. The molecule has 0 saturated heterocycles. The molecule has 0 aliphatic heterocycles. The van der Waals surface area contributed by atoms with E-state index >= 15 is 0 Å². The third-order valence-electron chi connectivity index (χ3n) is 2.52. The Kier molecular flexibility index (Phi) is 4.36. The minimum atomic E-state index is -0.516. The molecule has 2 rings (SSSR count). The summed E-state index contributed by atoms with van der Waals surface area (Å²) in [5.74, 6) is -0.358. The summed E-state index contributed by atoms with van der Waals surface area (Å²) < 4.78 is 0.653. The predicted octanol–water partition coefficient (Wildman–Crippen LogP) is 4.26. The van der Waals surface area contributed by atoms with Crippen molar-refractivity contribution in [3.05, 3.63) is 67.6 Å². The zero-order valence-electron chi connectivity index (χ0n) is 9.97. The number of hydrogen-bond donors (Lipinski definition) is 1. The summed E-state index contributed by atoms with van der Waals surface area (Å²) in [6.45, 7) is 0. The second-order valence-corrected chi connectivity index (χ2v) is 5.17. The molecule has 7 heteroatoms. The van der Waals surface area contributed by atoms with Crippen molar-refractivity contribution in [1.82, 2.24) is 0 Å². The summed E-state index contributed by atoms with van der Waals surface area (Å²) >= 11 is 9.10. The maximum Gasteiger partial charge on any atom is 0.269 e. The first-order valence-electron chi connectivity index (χ1n) is 5.48. The maximum atomic E-state index is 12.0. The van der Waals surface area contributed by atoms with E-state index in [0.717, 1.165) is 0 Å². The molecule has 0 aliphatic rings. The Bertz CT molecular complexity index is 674. The highest BCUT2D eigenvalue weighted by Crippen LogP contribution is 2.26. The number of anilines is 1. The Balaban J connectivity index is 2.17. The molecule has 0 spiro atoms. The van der Waals surface area contributed by atoms with Crippen molar-refractivity contribution < 1.29 is 9.72 Å². The van der Waals surface area contributed by atoms with Crippen LogP contribution >= 0.6 is 27.5 Å². The minimum Gasteiger partial charge on any atom is -0.321 e. The van der Waals surface area contributed by atoms with Gasteiger partial charge in [-0.1, -0.05) is 11.6 Å². The molecule has 1 N–H and O–H groups in total. The molecule has 0 unspecified atom stereocenters. The third kappa shape index (κ3) is 3.34. The van der Waals surface area contributed by atoms with Crippen molar-refractivity contribution >= 4 is 44.8 Å². The third-order valence-corrected chi connectivity index (χ3v) is 3.41. The van der Waals surface area contributed by atoms with E-state index in [1.165, 1.54) is 24.3 Å². The second kappa shape index (κ2) is 6.02. The van der Waals surface area contributed by atoms with Gasteiger partial charge in [0, 0.05) is 27.2 Å². The Morgan fingerprint density at radius 1 is 1.20 bits per heavy atom. The Hall–Kier alpha value is -1.92. The van der Waals surface area contributed by atoms with E-state index in [1.807, 2.05) is 0 Å². The number of halogens is 2. The number of non-ortho nitro benzene ring substituents is 1. The van der Waals surface area contributed by atoms with Gasteiger partial charge in [0.2, 0.25) is 0 Å². The second-order valence-electron chi connectivity index (χ2n) is 3.88. The van der Waals surface area contributed by atoms with Crippen molar-refractivity contribution in [2.24, 2.45) is 0 Å². The van der Waals surface area contributed by atoms with Gasteiger partial charge in [-0.3, -0.25) is 14.9 Å². The molecule has 20 heavy (non-hydrogen) atoms. The number of nitrogens with zero attached hydrogens (tertiary/aromatic N) is 1. The van der Waals surface area contributed by atoms with Crippen molar-refractivity contribution in [2.45, 2.75) is 0 Å². The molecular formula is C13H8BrClN2O3. The van der Waals surface area contributed by atoms with E-state index in [-0.39, 0.29) is 11.6 Å². The lowest BCUT2D eigenvalue weighted by molar-refractivity contribution is -0.384. The van der Waals surface area contributed by atoms with Crippen molar-refractivity contribution in [3.63, 3.8) is 0 Å². The lowest BCUT2D eigenvalue weighted by Gasteiger charge is -2.07. The topological polar surface area (TPSA) is 72.2 Å². The first kappa shape index (κ1) is 14.5. The first-order chi connectivity index (χ1) is 9.47. The maximum absolute atomic E-state index is 12.0. The van der Waals surface area contributed by atoms with Crippen molar-refractivity contribution in [2.75, 3.05) is 5.32 Å². The zero-order valence-corrected chi connectivity index (χ0v) is 12.3. The van der Waals surface area contributed by atoms with Crippen LogP contribution in [0.5, 0.6) is 0 Å². The van der Waals surface area contributed by atoms with E-state index in [2.05, 4.69) is 21.2 Å². The van der Waals surface area contributed by atoms with Crippen LogP contribution in [0.2, 0.25) is 5.02 Å². The number of nitro benzene ring substituents is 1. The summed E-state index contributed by atoms with van der Waals surface area (Å²) in [7, 11) is 0. The summed E-state index contributed by atoms with van der Waals surface area (Å²) in [6.07, 6.45) is 0.